The highest BCUT2D eigenvalue weighted by Gasteiger charge is 2.50. The van der Waals surface area contributed by atoms with Crippen LogP contribution in [0.25, 0.3) is 0 Å². The molecule has 0 amide bonds. The predicted octanol–water partition coefficient (Wildman–Crippen LogP) is 3.61. The van der Waals surface area contributed by atoms with Crippen LogP contribution in [0.1, 0.15) is 46.0 Å². The molecule has 5 heteroatoms. The summed E-state index contributed by atoms with van der Waals surface area (Å²) < 4.78 is 37.1. The van der Waals surface area contributed by atoms with Gasteiger partial charge in [-0.05, 0) is 31.1 Å². The van der Waals surface area contributed by atoms with Crippen LogP contribution < -0.4 is 0 Å². The molecule has 0 aliphatic heterocycles. The van der Waals surface area contributed by atoms with E-state index in [-0.39, 0.29) is 18.3 Å². The molecule has 1 rings (SSSR count). The molecule has 0 atom stereocenters. The molecule has 0 aromatic heterocycles. The Bertz CT molecular complexity index is 271. The minimum absolute atomic E-state index is 0.0372. The average Bonchev–Trinajstić information content (AvgIpc) is 2.06. The lowest BCUT2D eigenvalue weighted by molar-refractivity contribution is -0.185. The van der Waals surface area contributed by atoms with Gasteiger partial charge in [0.2, 0.25) is 0 Å². The quantitative estimate of drug-likeness (QED) is 0.797. The number of hydrogen-bond donors (Lipinski definition) is 1. The zero-order chi connectivity index (χ0) is 12.6. The Kier molecular flexibility index (Phi) is 3.27. The van der Waals surface area contributed by atoms with Crippen molar-refractivity contribution in [3.05, 3.63) is 0 Å². The topological polar surface area (TPSA) is 37.3 Å². The lowest BCUT2D eigenvalue weighted by Gasteiger charge is -2.41. The highest BCUT2D eigenvalue weighted by Crippen LogP contribution is 2.50. The summed E-state index contributed by atoms with van der Waals surface area (Å²) in [6, 6.07) is 0. The van der Waals surface area contributed by atoms with E-state index < -0.39 is 24.0 Å². The number of carboxylic acids is 1. The van der Waals surface area contributed by atoms with E-state index in [1.165, 1.54) is 0 Å². The summed E-state index contributed by atoms with van der Waals surface area (Å²) in [7, 11) is 0. The first-order chi connectivity index (χ1) is 7.06. The first-order valence-corrected chi connectivity index (χ1v) is 5.37. The van der Waals surface area contributed by atoms with Gasteiger partial charge in [-0.15, -0.1) is 0 Å². The van der Waals surface area contributed by atoms with Gasteiger partial charge in [-0.3, -0.25) is 4.79 Å². The maximum Gasteiger partial charge on any atom is 0.390 e. The summed E-state index contributed by atoms with van der Waals surface area (Å²) in [6.07, 6.45) is -4.29. The summed E-state index contributed by atoms with van der Waals surface area (Å²) in [4.78, 5) is 11.1. The van der Waals surface area contributed by atoms with Crippen molar-refractivity contribution in [1.29, 1.82) is 0 Å². The monoisotopic (exact) mass is 238 g/mol. The summed E-state index contributed by atoms with van der Waals surface area (Å²) in [6.45, 7) is 3.93. The number of hydrogen-bond acceptors (Lipinski definition) is 1. The Balaban J connectivity index is 2.81. The third kappa shape index (κ3) is 3.12. The molecule has 1 aliphatic rings. The van der Waals surface area contributed by atoms with Crippen molar-refractivity contribution in [1.82, 2.24) is 0 Å². The van der Waals surface area contributed by atoms with Gasteiger partial charge in [0.15, 0.2) is 0 Å². The maximum atomic E-state index is 12.4. The molecule has 1 aliphatic carbocycles. The van der Waals surface area contributed by atoms with E-state index in [1.807, 2.05) is 13.8 Å². The summed E-state index contributed by atoms with van der Waals surface area (Å²) >= 11 is 0. The minimum Gasteiger partial charge on any atom is -0.481 e. The molecule has 2 nitrogen and oxygen atoms in total. The third-order valence-electron chi connectivity index (χ3n) is 3.55. The van der Waals surface area contributed by atoms with Crippen LogP contribution in [0.2, 0.25) is 0 Å². The van der Waals surface area contributed by atoms with Gasteiger partial charge in [-0.25, -0.2) is 0 Å². The van der Waals surface area contributed by atoms with Crippen LogP contribution in [0.4, 0.5) is 13.2 Å². The van der Waals surface area contributed by atoms with Crippen LogP contribution in [0, 0.1) is 10.8 Å². The molecule has 16 heavy (non-hydrogen) atoms. The first kappa shape index (κ1) is 13.3. The van der Waals surface area contributed by atoms with Crippen molar-refractivity contribution in [3.8, 4) is 0 Å². The summed E-state index contributed by atoms with van der Waals surface area (Å²) in [5, 5.41) is 9.02. The second kappa shape index (κ2) is 3.93. The van der Waals surface area contributed by atoms with Crippen molar-refractivity contribution >= 4 is 5.97 Å². The Morgan fingerprint density at radius 1 is 1.19 bits per heavy atom. The molecule has 94 valence electrons. The number of rotatable bonds is 2. The maximum absolute atomic E-state index is 12.4. The van der Waals surface area contributed by atoms with Crippen molar-refractivity contribution < 1.29 is 23.1 Å². The van der Waals surface area contributed by atoms with Gasteiger partial charge in [-0.2, -0.15) is 13.2 Å². The van der Waals surface area contributed by atoms with E-state index in [0.29, 0.717) is 12.8 Å². The Morgan fingerprint density at radius 3 is 1.94 bits per heavy atom. The van der Waals surface area contributed by atoms with Crippen LogP contribution >= 0.6 is 0 Å². The van der Waals surface area contributed by atoms with Gasteiger partial charge >= 0.3 is 12.1 Å². The highest BCUT2D eigenvalue weighted by molar-refractivity contribution is 5.74. The highest BCUT2D eigenvalue weighted by atomic mass is 19.4. The minimum atomic E-state index is -4.40. The molecule has 0 saturated heterocycles. The number of alkyl halides is 3. The van der Waals surface area contributed by atoms with Gasteiger partial charge in [-0.1, -0.05) is 13.8 Å². The van der Waals surface area contributed by atoms with E-state index in [0.717, 1.165) is 0 Å². The van der Waals surface area contributed by atoms with E-state index in [2.05, 4.69) is 0 Å². The standard InChI is InChI=1S/C11H17F3O2/c1-9(2)3-5-10(6-4-9,8(15)16)7-11(12,13)14/h3-7H2,1-2H3,(H,15,16). The Hall–Kier alpha value is -0.740. The number of carbonyl (C=O) groups is 1. The number of aliphatic carboxylic acids is 1. The molecule has 0 heterocycles. The largest absolute Gasteiger partial charge is 0.481 e. The molecule has 0 spiro atoms. The smallest absolute Gasteiger partial charge is 0.390 e. The van der Waals surface area contributed by atoms with Gasteiger partial charge < -0.3 is 5.11 Å². The summed E-state index contributed by atoms with van der Waals surface area (Å²) in [5.74, 6) is -1.31. The zero-order valence-corrected chi connectivity index (χ0v) is 9.52. The fraction of sp³-hybridized carbons (Fsp3) is 0.909. The Labute approximate surface area is 92.8 Å². The average molecular weight is 238 g/mol. The van der Waals surface area contributed by atoms with E-state index in [4.69, 9.17) is 5.11 Å². The summed E-state index contributed by atoms with van der Waals surface area (Å²) in [5.41, 5.74) is -1.63. The zero-order valence-electron chi connectivity index (χ0n) is 9.52. The molecular weight excluding hydrogens is 221 g/mol. The van der Waals surface area contributed by atoms with Crippen LogP contribution in [0.15, 0.2) is 0 Å². The molecule has 0 unspecified atom stereocenters. The van der Waals surface area contributed by atoms with Gasteiger partial charge in [0, 0.05) is 0 Å². The Morgan fingerprint density at radius 2 is 1.62 bits per heavy atom. The second-order valence-electron chi connectivity index (χ2n) is 5.54. The molecule has 0 radical (unpaired) electrons. The van der Waals surface area contributed by atoms with Crippen LogP contribution in [-0.2, 0) is 4.79 Å². The molecule has 1 N–H and O–H groups in total. The molecule has 0 aromatic rings. The van der Waals surface area contributed by atoms with Crippen molar-refractivity contribution in [2.24, 2.45) is 10.8 Å². The van der Waals surface area contributed by atoms with Crippen LogP contribution in [0.5, 0.6) is 0 Å². The van der Waals surface area contributed by atoms with Gasteiger partial charge in [0.1, 0.15) is 0 Å². The van der Waals surface area contributed by atoms with Crippen LogP contribution in [0.3, 0.4) is 0 Å². The van der Waals surface area contributed by atoms with E-state index in [9.17, 15) is 18.0 Å². The molecule has 0 aromatic carbocycles. The lowest BCUT2D eigenvalue weighted by Crippen LogP contribution is -2.41. The van der Waals surface area contributed by atoms with Gasteiger partial charge in [0.25, 0.3) is 0 Å². The third-order valence-corrected chi connectivity index (χ3v) is 3.55. The van der Waals surface area contributed by atoms with Crippen molar-refractivity contribution in [2.45, 2.75) is 52.1 Å². The van der Waals surface area contributed by atoms with E-state index >= 15 is 0 Å². The fourth-order valence-electron chi connectivity index (χ4n) is 2.26. The molecule has 0 bridgehead atoms. The first-order valence-electron chi connectivity index (χ1n) is 5.37. The lowest BCUT2D eigenvalue weighted by atomic mass is 9.64. The van der Waals surface area contributed by atoms with Gasteiger partial charge in [0.05, 0.1) is 11.8 Å². The SMILES string of the molecule is CC1(C)CCC(CC(F)(F)F)(C(=O)O)CC1. The normalized spacial score (nSPS) is 24.1. The second-order valence-corrected chi connectivity index (χ2v) is 5.54. The predicted molar refractivity (Wildman–Crippen MR) is 53.0 cm³/mol. The molecule has 1 saturated carbocycles. The van der Waals surface area contributed by atoms with Crippen molar-refractivity contribution in [2.75, 3.05) is 0 Å². The molecule has 1 fully saturated rings. The van der Waals surface area contributed by atoms with Crippen molar-refractivity contribution in [3.63, 3.8) is 0 Å². The van der Waals surface area contributed by atoms with Crippen LogP contribution in [-0.4, -0.2) is 17.3 Å². The molecular formula is C11H17F3O2. The fourth-order valence-corrected chi connectivity index (χ4v) is 2.26. The van der Waals surface area contributed by atoms with E-state index in [1.54, 1.807) is 0 Å². The number of carboxylic acid groups (broad SMARTS) is 1. The number of halogens is 3.